The van der Waals surface area contributed by atoms with Crippen LogP contribution in [0.3, 0.4) is 0 Å². The van der Waals surface area contributed by atoms with Gasteiger partial charge >= 0.3 is 11.9 Å². The van der Waals surface area contributed by atoms with Crippen LogP contribution in [0.1, 0.15) is 32.1 Å². The highest BCUT2D eigenvalue weighted by atomic mass is 16.5. The Balaban J connectivity index is 2.11. The highest BCUT2D eigenvalue weighted by Crippen LogP contribution is 2.33. The molecule has 6 heteroatoms. The van der Waals surface area contributed by atoms with Gasteiger partial charge in [-0.15, -0.1) is 0 Å². The smallest absolute Gasteiger partial charge is 0.326 e. The third kappa shape index (κ3) is 2.72. The molecule has 1 amide bonds. The maximum absolute atomic E-state index is 12.0. The highest BCUT2D eigenvalue weighted by Gasteiger charge is 2.44. The molecule has 1 saturated heterocycles. The normalized spacial score (nSPS) is 25.6. The van der Waals surface area contributed by atoms with Gasteiger partial charge in [-0.2, -0.15) is 0 Å². The van der Waals surface area contributed by atoms with Gasteiger partial charge in [-0.1, -0.05) is 12.8 Å². The number of carbonyl (C=O) groups excluding carboxylic acids is 2. The van der Waals surface area contributed by atoms with Crippen molar-refractivity contribution in [2.75, 3.05) is 13.7 Å². The maximum Gasteiger partial charge on any atom is 0.326 e. The van der Waals surface area contributed by atoms with Gasteiger partial charge in [-0.25, -0.2) is 4.79 Å². The number of ether oxygens (including phenoxy) is 1. The predicted molar refractivity (Wildman–Crippen MR) is 65.2 cm³/mol. The molecule has 1 N–H and O–H groups in total. The number of hydrogen-bond acceptors (Lipinski definition) is 4. The summed E-state index contributed by atoms with van der Waals surface area (Å²) in [7, 11) is 1.28. The second-order valence-corrected chi connectivity index (χ2v) is 5.30. The zero-order valence-electron chi connectivity index (χ0n) is 11.0. The summed E-state index contributed by atoms with van der Waals surface area (Å²) in [4.78, 5) is 36.2. The zero-order valence-corrected chi connectivity index (χ0v) is 11.0. The number of methoxy groups -OCH3 is 1. The fraction of sp³-hybridized carbons (Fsp3) is 0.769. The molecule has 2 rings (SSSR count). The summed E-state index contributed by atoms with van der Waals surface area (Å²) in [6.07, 6.45) is 3.75. The lowest BCUT2D eigenvalue weighted by Crippen LogP contribution is -2.46. The lowest BCUT2D eigenvalue weighted by Gasteiger charge is -2.29. The highest BCUT2D eigenvalue weighted by molar-refractivity contribution is 5.90. The molecule has 19 heavy (non-hydrogen) atoms. The van der Waals surface area contributed by atoms with Gasteiger partial charge in [0.2, 0.25) is 5.91 Å². The molecule has 2 fully saturated rings. The number of nitrogens with zero attached hydrogens (tertiary/aromatic N) is 1. The average molecular weight is 269 g/mol. The first-order chi connectivity index (χ1) is 9.04. The van der Waals surface area contributed by atoms with Crippen LogP contribution in [0.2, 0.25) is 0 Å². The first kappa shape index (κ1) is 13.8. The molecule has 2 atom stereocenters. The number of carboxylic acids is 1. The van der Waals surface area contributed by atoms with Crippen molar-refractivity contribution in [3.05, 3.63) is 0 Å². The van der Waals surface area contributed by atoms with Crippen molar-refractivity contribution in [3.63, 3.8) is 0 Å². The molecule has 0 spiro atoms. The molecule has 0 aromatic carbocycles. The zero-order chi connectivity index (χ0) is 14.0. The summed E-state index contributed by atoms with van der Waals surface area (Å²) in [5.74, 6) is -2.18. The maximum atomic E-state index is 12.0. The van der Waals surface area contributed by atoms with Crippen molar-refractivity contribution in [1.29, 1.82) is 0 Å². The lowest BCUT2D eigenvalue weighted by atomic mass is 9.97. The summed E-state index contributed by atoms with van der Waals surface area (Å²) in [6.45, 7) is 0.166. The van der Waals surface area contributed by atoms with Gasteiger partial charge in [0.05, 0.1) is 13.0 Å². The summed E-state index contributed by atoms with van der Waals surface area (Å²) in [5, 5.41) is 9.38. The molecule has 1 aliphatic heterocycles. The van der Waals surface area contributed by atoms with Crippen LogP contribution in [0.15, 0.2) is 0 Å². The van der Waals surface area contributed by atoms with Crippen LogP contribution in [-0.2, 0) is 19.1 Å². The number of amides is 1. The summed E-state index contributed by atoms with van der Waals surface area (Å²) in [5.41, 5.74) is 0. The molecule has 0 bridgehead atoms. The fourth-order valence-electron chi connectivity index (χ4n) is 3.19. The van der Waals surface area contributed by atoms with Gasteiger partial charge < -0.3 is 14.7 Å². The van der Waals surface area contributed by atoms with Gasteiger partial charge in [0.15, 0.2) is 0 Å². The van der Waals surface area contributed by atoms with E-state index in [4.69, 9.17) is 0 Å². The Morgan fingerprint density at radius 3 is 2.53 bits per heavy atom. The Morgan fingerprint density at radius 2 is 2.00 bits per heavy atom. The number of hydrogen-bond donors (Lipinski definition) is 1. The topological polar surface area (TPSA) is 83.9 Å². The van der Waals surface area contributed by atoms with Crippen LogP contribution < -0.4 is 0 Å². The van der Waals surface area contributed by atoms with Crippen molar-refractivity contribution in [2.45, 2.75) is 38.1 Å². The van der Waals surface area contributed by atoms with Gasteiger partial charge in [0, 0.05) is 13.0 Å². The fourth-order valence-corrected chi connectivity index (χ4v) is 3.19. The molecular formula is C13H19NO5. The average Bonchev–Trinajstić information content (AvgIpc) is 3.00. The van der Waals surface area contributed by atoms with Gasteiger partial charge in [0.1, 0.15) is 6.04 Å². The minimum Gasteiger partial charge on any atom is -0.480 e. The van der Waals surface area contributed by atoms with Crippen LogP contribution >= 0.6 is 0 Å². The van der Waals surface area contributed by atoms with Crippen LogP contribution in [0, 0.1) is 11.8 Å². The van der Waals surface area contributed by atoms with E-state index in [2.05, 4.69) is 4.74 Å². The molecule has 0 radical (unpaired) electrons. The molecule has 2 unspecified atom stereocenters. The molecule has 1 saturated carbocycles. The van der Waals surface area contributed by atoms with E-state index in [9.17, 15) is 19.5 Å². The van der Waals surface area contributed by atoms with Crippen LogP contribution in [0.25, 0.3) is 0 Å². The van der Waals surface area contributed by atoms with E-state index in [0.29, 0.717) is 0 Å². The van der Waals surface area contributed by atoms with E-state index >= 15 is 0 Å². The predicted octanol–water partition coefficient (Wildman–Crippen LogP) is 0.651. The van der Waals surface area contributed by atoms with Crippen molar-refractivity contribution in [2.24, 2.45) is 11.8 Å². The second-order valence-electron chi connectivity index (χ2n) is 5.30. The van der Waals surface area contributed by atoms with Crippen molar-refractivity contribution >= 4 is 17.8 Å². The van der Waals surface area contributed by atoms with Crippen molar-refractivity contribution in [1.82, 2.24) is 4.90 Å². The Bertz CT molecular complexity index is 388. The number of likely N-dealkylation sites (tertiary alicyclic amines) is 1. The van der Waals surface area contributed by atoms with E-state index in [1.165, 1.54) is 12.0 Å². The van der Waals surface area contributed by atoms with E-state index in [1.807, 2.05) is 0 Å². The van der Waals surface area contributed by atoms with Crippen molar-refractivity contribution < 1.29 is 24.2 Å². The van der Waals surface area contributed by atoms with Gasteiger partial charge in [0.25, 0.3) is 0 Å². The number of carboxylic acid groups (broad SMARTS) is 1. The van der Waals surface area contributed by atoms with Crippen LogP contribution in [0.5, 0.6) is 0 Å². The number of esters is 1. The number of aliphatic carboxylic acids is 1. The van der Waals surface area contributed by atoms with Crippen LogP contribution in [-0.4, -0.2) is 47.5 Å². The minimum absolute atomic E-state index is 0.0119. The molecule has 2 aliphatic rings. The Hall–Kier alpha value is -1.59. The molecule has 0 aromatic heterocycles. The van der Waals surface area contributed by atoms with E-state index in [-0.39, 0.29) is 24.8 Å². The van der Waals surface area contributed by atoms with Crippen LogP contribution in [0.4, 0.5) is 0 Å². The minimum atomic E-state index is -0.967. The monoisotopic (exact) mass is 269 g/mol. The Morgan fingerprint density at radius 1 is 1.37 bits per heavy atom. The van der Waals surface area contributed by atoms with E-state index in [1.54, 1.807) is 0 Å². The third-order valence-corrected chi connectivity index (χ3v) is 4.13. The first-order valence-electron chi connectivity index (χ1n) is 6.64. The Kier molecular flexibility index (Phi) is 4.07. The number of rotatable bonds is 4. The number of carbonyl (C=O) groups is 3. The third-order valence-electron chi connectivity index (χ3n) is 4.13. The van der Waals surface area contributed by atoms with E-state index in [0.717, 1.165) is 25.7 Å². The standard InChI is InChI=1S/C13H19NO5/c1-19-13(18)9-6-10(15)14(7-9)11(12(16)17)8-4-2-3-5-8/h8-9,11H,2-7H2,1H3,(H,16,17). The molecule has 106 valence electrons. The van der Waals surface area contributed by atoms with Crippen molar-refractivity contribution in [3.8, 4) is 0 Å². The molecule has 1 heterocycles. The lowest BCUT2D eigenvalue weighted by molar-refractivity contribution is -0.151. The summed E-state index contributed by atoms with van der Waals surface area (Å²) >= 11 is 0. The van der Waals surface area contributed by atoms with E-state index < -0.39 is 23.9 Å². The SMILES string of the molecule is COC(=O)C1CC(=O)N(C(C(=O)O)C2CCCC2)C1. The molecule has 6 nitrogen and oxygen atoms in total. The quantitative estimate of drug-likeness (QED) is 0.758. The first-order valence-corrected chi connectivity index (χ1v) is 6.64. The summed E-state index contributed by atoms with van der Waals surface area (Å²) in [6, 6.07) is -0.787. The largest absolute Gasteiger partial charge is 0.480 e. The molecule has 0 aromatic rings. The molecular weight excluding hydrogens is 250 g/mol. The molecule has 1 aliphatic carbocycles. The Labute approximate surface area is 111 Å². The van der Waals surface area contributed by atoms with Gasteiger partial charge in [-0.3, -0.25) is 9.59 Å². The summed E-state index contributed by atoms with van der Waals surface area (Å²) < 4.78 is 4.63. The second kappa shape index (κ2) is 5.59. The van der Waals surface area contributed by atoms with Gasteiger partial charge in [-0.05, 0) is 18.8 Å².